The summed E-state index contributed by atoms with van der Waals surface area (Å²) in [5.41, 5.74) is 6.72. The SMILES string of the molecule is CC1=[C-]C(C)C(C)=C1C.Cc1cc2c(-c3ccc(C)o3)cccc2[cH-]1.Cl.Cl.[CH3-].[CH3-].[Si]=[Zr]. The van der Waals surface area contributed by atoms with Crippen molar-refractivity contribution in [3.8, 4) is 11.3 Å². The number of aryl methyl sites for hydroxylation is 2. The van der Waals surface area contributed by atoms with Gasteiger partial charge in [0.25, 0.3) is 0 Å². The van der Waals surface area contributed by atoms with Gasteiger partial charge in [-0.25, -0.2) is 5.57 Å². The zero-order valence-electron chi connectivity index (χ0n) is 19.8. The Morgan fingerprint density at radius 3 is 2.00 bits per heavy atom. The molecule has 0 bridgehead atoms. The van der Waals surface area contributed by atoms with Crippen molar-refractivity contribution in [2.75, 3.05) is 0 Å². The normalized spacial score (nSPS) is 13.7. The zero-order chi connectivity index (χ0) is 20.1. The molecule has 0 N–H and O–H groups in total. The van der Waals surface area contributed by atoms with Crippen molar-refractivity contribution in [3.63, 3.8) is 0 Å². The molecular formula is C26H34Cl2OSiZr-4. The molecule has 3 aromatic rings. The van der Waals surface area contributed by atoms with Crippen LogP contribution in [-0.2, 0) is 23.3 Å². The molecule has 5 heteroatoms. The Labute approximate surface area is 219 Å². The first-order valence-corrected chi connectivity index (χ1v) is 13.3. The average Bonchev–Trinajstić information content (AvgIpc) is 3.31. The van der Waals surface area contributed by atoms with Crippen LogP contribution in [0.3, 0.4) is 0 Å². The van der Waals surface area contributed by atoms with Crippen LogP contribution < -0.4 is 0 Å². The van der Waals surface area contributed by atoms with Crippen LogP contribution in [0.5, 0.6) is 0 Å². The monoisotopic (exact) mass is 550 g/mol. The number of furan rings is 1. The van der Waals surface area contributed by atoms with Crippen LogP contribution in [0.2, 0.25) is 0 Å². The first kappa shape index (κ1) is 34.9. The van der Waals surface area contributed by atoms with Crippen molar-refractivity contribution in [3.05, 3.63) is 91.4 Å². The summed E-state index contributed by atoms with van der Waals surface area (Å²) in [4.78, 5) is 0. The van der Waals surface area contributed by atoms with Gasteiger partial charge in [0.15, 0.2) is 0 Å². The fourth-order valence-corrected chi connectivity index (χ4v) is 3.34. The zero-order valence-corrected chi connectivity index (χ0v) is 24.9. The maximum atomic E-state index is 5.69. The van der Waals surface area contributed by atoms with Crippen LogP contribution in [0.15, 0.2) is 63.6 Å². The number of hydrogen-bond acceptors (Lipinski definition) is 1. The molecule has 2 radical (unpaired) electrons. The summed E-state index contributed by atoms with van der Waals surface area (Å²) in [6.07, 6.45) is 3.36. The summed E-state index contributed by atoms with van der Waals surface area (Å²) in [5, 5.41) is 2.55. The summed E-state index contributed by atoms with van der Waals surface area (Å²) in [5.74, 6) is 2.47. The van der Waals surface area contributed by atoms with E-state index in [0.29, 0.717) is 5.92 Å². The molecule has 0 spiro atoms. The second kappa shape index (κ2) is 16.0. The number of benzene rings is 1. The van der Waals surface area contributed by atoms with Gasteiger partial charge in [0.05, 0.1) is 0 Å². The van der Waals surface area contributed by atoms with Crippen LogP contribution >= 0.6 is 24.8 Å². The molecule has 1 aromatic heterocycles. The Morgan fingerprint density at radius 1 is 0.968 bits per heavy atom. The third kappa shape index (κ3) is 8.61. The van der Waals surface area contributed by atoms with Crippen molar-refractivity contribution in [2.24, 2.45) is 5.92 Å². The summed E-state index contributed by atoms with van der Waals surface area (Å²) in [6.45, 7) is 15.8. The average molecular weight is 553 g/mol. The van der Waals surface area contributed by atoms with E-state index >= 15 is 0 Å². The molecular weight excluding hydrogens is 519 g/mol. The second-order valence-electron chi connectivity index (χ2n) is 7.05. The maximum absolute atomic E-state index is 5.69. The van der Waals surface area contributed by atoms with Gasteiger partial charge in [0.2, 0.25) is 0 Å². The molecule has 1 aliphatic rings. The van der Waals surface area contributed by atoms with Gasteiger partial charge in [0.1, 0.15) is 11.5 Å². The Bertz CT molecular complexity index is 998. The van der Waals surface area contributed by atoms with Crippen LogP contribution in [0.25, 0.3) is 22.1 Å². The summed E-state index contributed by atoms with van der Waals surface area (Å²) in [7, 11) is 0. The molecule has 1 nitrogen and oxygen atoms in total. The fraction of sp³-hybridized carbons (Fsp3) is 0.269. The molecule has 0 amide bonds. The van der Waals surface area contributed by atoms with Crippen molar-refractivity contribution in [1.29, 1.82) is 0 Å². The van der Waals surface area contributed by atoms with Gasteiger partial charge < -0.3 is 19.3 Å². The first-order valence-electron chi connectivity index (χ1n) is 9.12. The number of fused-ring (bicyclic) bond motifs is 1. The Balaban J connectivity index is -0.000000460. The third-order valence-corrected chi connectivity index (χ3v) is 5.14. The molecule has 4 rings (SSSR count). The summed E-state index contributed by atoms with van der Waals surface area (Å²) < 4.78 is 5.69. The Kier molecular flexibility index (Phi) is 18.0. The number of halogens is 2. The molecule has 0 saturated heterocycles. The van der Waals surface area contributed by atoms with E-state index in [1.807, 2.05) is 19.1 Å². The standard InChI is InChI=1S/C15H13O.C9H13.2CH3.2ClH.Si.Zr/c1-10-8-12-4-3-5-13(14(12)9-10)15-7-6-11(2)16-15;1-6-5-7(2)9(4)8(6)3;;;;;;/h3-9H,1-2H3;6H,1-4H3;2*1H3;2*1H;;/q4*-1;;;;. The molecule has 0 saturated carbocycles. The van der Waals surface area contributed by atoms with E-state index in [1.54, 1.807) is 0 Å². The van der Waals surface area contributed by atoms with Crippen LogP contribution in [0, 0.1) is 40.7 Å². The molecule has 2 aromatic carbocycles. The van der Waals surface area contributed by atoms with E-state index in [9.17, 15) is 0 Å². The Morgan fingerprint density at radius 2 is 1.58 bits per heavy atom. The van der Waals surface area contributed by atoms with E-state index < -0.39 is 0 Å². The predicted molar refractivity (Wildman–Crippen MR) is 140 cm³/mol. The minimum absolute atomic E-state index is 0. The number of hydrogen-bond donors (Lipinski definition) is 0. The molecule has 31 heavy (non-hydrogen) atoms. The fourth-order valence-electron chi connectivity index (χ4n) is 3.34. The van der Waals surface area contributed by atoms with Crippen LogP contribution in [0.1, 0.15) is 39.0 Å². The van der Waals surface area contributed by atoms with E-state index in [1.165, 1.54) is 62.0 Å². The van der Waals surface area contributed by atoms with E-state index in [2.05, 4.69) is 77.9 Å². The van der Waals surface area contributed by atoms with E-state index in [4.69, 9.17) is 4.42 Å². The molecule has 0 fully saturated rings. The quantitative estimate of drug-likeness (QED) is 0.218. The molecule has 0 aliphatic heterocycles. The van der Waals surface area contributed by atoms with Gasteiger partial charge in [-0.1, -0.05) is 39.7 Å². The summed E-state index contributed by atoms with van der Waals surface area (Å²) in [6, 6.07) is 14.8. The topological polar surface area (TPSA) is 13.1 Å². The molecule has 170 valence electrons. The Hall–Kier alpha value is -0.730. The molecule has 1 unspecified atom stereocenters. The third-order valence-electron chi connectivity index (χ3n) is 5.14. The second-order valence-corrected chi connectivity index (χ2v) is 7.05. The molecule has 1 heterocycles. The van der Waals surface area contributed by atoms with Crippen LogP contribution in [0.4, 0.5) is 0 Å². The van der Waals surface area contributed by atoms with E-state index in [-0.39, 0.29) is 39.7 Å². The van der Waals surface area contributed by atoms with Gasteiger partial charge in [-0.05, 0) is 24.6 Å². The van der Waals surface area contributed by atoms with Gasteiger partial charge in [-0.3, -0.25) is 6.08 Å². The minimum atomic E-state index is 0. The molecule has 1 atom stereocenters. The van der Waals surface area contributed by atoms with Crippen LogP contribution in [-0.4, -0.2) is 6.88 Å². The molecule has 1 aliphatic carbocycles. The van der Waals surface area contributed by atoms with Gasteiger partial charge in [-0.2, -0.15) is 17.2 Å². The number of allylic oxidation sites excluding steroid dienone is 4. The first-order chi connectivity index (χ1) is 12.9. The van der Waals surface area contributed by atoms with E-state index in [0.717, 1.165) is 11.5 Å². The van der Waals surface area contributed by atoms with Crippen molar-refractivity contribution in [1.82, 2.24) is 0 Å². The van der Waals surface area contributed by atoms with Gasteiger partial charge >= 0.3 is 30.2 Å². The van der Waals surface area contributed by atoms with Crippen molar-refractivity contribution in [2.45, 2.75) is 41.5 Å². The van der Waals surface area contributed by atoms with Gasteiger partial charge in [-0.15, -0.1) is 66.3 Å². The van der Waals surface area contributed by atoms with Crippen molar-refractivity contribution >= 4 is 42.5 Å². The van der Waals surface area contributed by atoms with Crippen molar-refractivity contribution < 1.29 is 27.8 Å². The predicted octanol–water partition coefficient (Wildman–Crippen LogP) is 8.52. The summed E-state index contributed by atoms with van der Waals surface area (Å²) >= 11 is 1.36. The van der Waals surface area contributed by atoms with Gasteiger partial charge in [0, 0.05) is 0 Å². The number of rotatable bonds is 1.